The van der Waals surface area contributed by atoms with Crippen molar-refractivity contribution in [3.8, 4) is 0 Å². The standard InChI is InChI=1S/C30H44O9/c1-17-26(33)23(36-3)13-25(38-17)39-19-4-9-28(16-31)21-5-8-27(2)20(18-12-24(32)37-15-18)7-11-30(27,35)22(21)6-10-29(28,34)14-19/h12,16-17,19-23,25-26,33-35H,4-11,13-15H2,1-3H3/t17-,19+,20+,21+,22-,23+,25+,26-,27-,28+,29+,30+/m1/s1. The first-order valence-electron chi connectivity index (χ1n) is 14.8. The molecule has 1 saturated heterocycles. The van der Waals surface area contributed by atoms with E-state index >= 15 is 0 Å². The van der Waals surface area contributed by atoms with Gasteiger partial charge in [0, 0.05) is 31.4 Å². The Morgan fingerprint density at radius 3 is 2.54 bits per heavy atom. The minimum atomic E-state index is -1.21. The maximum Gasteiger partial charge on any atom is 0.331 e. The number of rotatable bonds is 5. The molecule has 39 heavy (non-hydrogen) atoms. The zero-order valence-corrected chi connectivity index (χ0v) is 23.3. The Kier molecular flexibility index (Phi) is 6.84. The van der Waals surface area contributed by atoms with E-state index in [4.69, 9.17) is 18.9 Å². The number of carbonyl (C=O) groups is 2. The number of cyclic esters (lactones) is 1. The Morgan fingerprint density at radius 2 is 1.85 bits per heavy atom. The number of hydrogen-bond donors (Lipinski definition) is 3. The summed E-state index contributed by atoms with van der Waals surface area (Å²) in [6, 6.07) is 0. The molecule has 0 radical (unpaired) electrons. The number of fused-ring (bicyclic) bond motifs is 5. The van der Waals surface area contributed by atoms with Crippen LogP contribution in [0.4, 0.5) is 0 Å². The fraction of sp³-hybridized carbons (Fsp3) is 0.867. The van der Waals surface area contributed by atoms with Crippen LogP contribution in [0.15, 0.2) is 11.6 Å². The fourth-order valence-electron chi connectivity index (χ4n) is 9.98. The van der Waals surface area contributed by atoms with Crippen LogP contribution in [-0.2, 0) is 28.5 Å². The highest BCUT2D eigenvalue weighted by Gasteiger charge is 2.71. The van der Waals surface area contributed by atoms with E-state index in [1.165, 1.54) is 0 Å². The van der Waals surface area contributed by atoms with Crippen LogP contribution in [0.5, 0.6) is 0 Å². The molecule has 0 bridgehead atoms. The summed E-state index contributed by atoms with van der Waals surface area (Å²) in [6.45, 7) is 4.25. The predicted octanol–water partition coefficient (Wildman–Crippen LogP) is 2.43. The van der Waals surface area contributed by atoms with Crippen LogP contribution in [0.3, 0.4) is 0 Å². The van der Waals surface area contributed by atoms with Gasteiger partial charge in [-0.2, -0.15) is 0 Å². The van der Waals surface area contributed by atoms with Gasteiger partial charge in [0.15, 0.2) is 6.29 Å². The van der Waals surface area contributed by atoms with E-state index < -0.39 is 40.5 Å². The van der Waals surface area contributed by atoms with Crippen molar-refractivity contribution in [3.63, 3.8) is 0 Å². The summed E-state index contributed by atoms with van der Waals surface area (Å²) in [5.74, 6) is -0.420. The smallest absolute Gasteiger partial charge is 0.331 e. The van der Waals surface area contributed by atoms with E-state index in [0.717, 1.165) is 31.1 Å². The molecule has 5 fully saturated rings. The van der Waals surface area contributed by atoms with Gasteiger partial charge in [-0.15, -0.1) is 0 Å². The average Bonchev–Trinajstić information content (AvgIpc) is 3.45. The van der Waals surface area contributed by atoms with Gasteiger partial charge in [-0.05, 0) is 81.6 Å². The summed E-state index contributed by atoms with van der Waals surface area (Å²) in [5.41, 5.74) is -2.52. The van der Waals surface area contributed by atoms with E-state index in [9.17, 15) is 24.9 Å². The lowest BCUT2D eigenvalue weighted by atomic mass is 9.41. The van der Waals surface area contributed by atoms with Crippen molar-refractivity contribution in [2.75, 3.05) is 13.7 Å². The van der Waals surface area contributed by atoms with Crippen LogP contribution in [0.1, 0.15) is 78.1 Å². The van der Waals surface area contributed by atoms with Gasteiger partial charge in [-0.1, -0.05) is 6.92 Å². The lowest BCUT2D eigenvalue weighted by Gasteiger charge is -2.65. The fourth-order valence-corrected chi connectivity index (χ4v) is 9.98. The van der Waals surface area contributed by atoms with E-state index in [0.29, 0.717) is 51.6 Å². The average molecular weight is 549 g/mol. The molecular weight excluding hydrogens is 504 g/mol. The Hall–Kier alpha value is -1.36. The van der Waals surface area contributed by atoms with Crippen LogP contribution in [0.2, 0.25) is 0 Å². The van der Waals surface area contributed by atoms with Crippen molar-refractivity contribution in [2.24, 2.45) is 28.6 Å². The molecule has 9 nitrogen and oxygen atoms in total. The van der Waals surface area contributed by atoms with Gasteiger partial charge in [0.1, 0.15) is 19.0 Å². The molecule has 3 N–H and O–H groups in total. The zero-order valence-electron chi connectivity index (χ0n) is 23.3. The van der Waals surface area contributed by atoms with Gasteiger partial charge in [0.2, 0.25) is 0 Å². The second kappa shape index (κ2) is 9.60. The van der Waals surface area contributed by atoms with Gasteiger partial charge in [0.05, 0.1) is 34.9 Å². The molecule has 2 aliphatic heterocycles. The summed E-state index contributed by atoms with van der Waals surface area (Å²) in [4.78, 5) is 24.8. The SMILES string of the molecule is CO[C@H]1C[C@H](O[C@H]2CC[C@]3(C=O)[C@H]4CC[C@]5(C)[C@H](C6=CC(=O)OC6)CC[C@]5(O)[C@@H]4CC[C@]3(O)C2)O[C@H](C)[C@H]1O. The molecule has 4 saturated carbocycles. The lowest BCUT2D eigenvalue weighted by Crippen LogP contribution is -2.69. The summed E-state index contributed by atoms with van der Waals surface area (Å²) in [6.07, 6.45) is 6.10. The van der Waals surface area contributed by atoms with Gasteiger partial charge >= 0.3 is 5.97 Å². The van der Waals surface area contributed by atoms with E-state index in [2.05, 4.69) is 6.92 Å². The number of methoxy groups -OCH3 is 1. The van der Waals surface area contributed by atoms with Gasteiger partial charge in [-0.25, -0.2) is 4.79 Å². The van der Waals surface area contributed by atoms with Crippen LogP contribution in [-0.4, -0.2) is 83.2 Å². The van der Waals surface area contributed by atoms with Crippen molar-refractivity contribution >= 4 is 12.3 Å². The highest BCUT2D eigenvalue weighted by atomic mass is 16.7. The second-order valence-corrected chi connectivity index (χ2v) is 13.5. The number of aliphatic hydroxyl groups excluding tert-OH is 1. The highest BCUT2D eigenvalue weighted by molar-refractivity contribution is 5.85. The molecule has 12 atom stereocenters. The molecule has 9 heteroatoms. The van der Waals surface area contributed by atoms with Crippen LogP contribution >= 0.6 is 0 Å². The maximum atomic E-state index is 13.0. The molecular formula is C30H44O9. The quantitative estimate of drug-likeness (QED) is 0.269. The minimum Gasteiger partial charge on any atom is -0.458 e. The lowest BCUT2D eigenvalue weighted by molar-refractivity contribution is -0.287. The maximum absolute atomic E-state index is 13.0. The summed E-state index contributed by atoms with van der Waals surface area (Å²) in [5, 5.41) is 34.8. The highest BCUT2D eigenvalue weighted by Crippen LogP contribution is 2.70. The number of aldehydes is 1. The largest absolute Gasteiger partial charge is 0.458 e. The zero-order chi connectivity index (χ0) is 27.8. The van der Waals surface area contributed by atoms with E-state index in [-0.39, 0.29) is 35.9 Å². The number of carbonyl (C=O) groups excluding carboxylic acids is 2. The summed E-state index contributed by atoms with van der Waals surface area (Å²) < 4.78 is 22.9. The minimum absolute atomic E-state index is 0.0827. The summed E-state index contributed by atoms with van der Waals surface area (Å²) in [7, 11) is 1.57. The normalized spacial score (nSPS) is 53.3. The Morgan fingerprint density at radius 1 is 1.08 bits per heavy atom. The second-order valence-electron chi connectivity index (χ2n) is 13.5. The molecule has 0 aromatic rings. The predicted molar refractivity (Wildman–Crippen MR) is 138 cm³/mol. The first-order chi connectivity index (χ1) is 18.5. The third-order valence-corrected chi connectivity index (χ3v) is 12.1. The molecule has 0 aromatic heterocycles. The number of esters is 1. The number of hydrogen-bond acceptors (Lipinski definition) is 9. The molecule has 0 amide bonds. The van der Waals surface area contributed by atoms with Crippen LogP contribution in [0, 0.1) is 28.6 Å². The molecule has 0 aromatic carbocycles. The van der Waals surface area contributed by atoms with Gasteiger partial charge < -0.3 is 39.1 Å². The molecule has 0 spiro atoms. The third kappa shape index (κ3) is 3.94. The van der Waals surface area contributed by atoms with E-state index in [1.807, 2.05) is 0 Å². The molecule has 2 heterocycles. The molecule has 6 aliphatic rings. The van der Waals surface area contributed by atoms with Crippen molar-refractivity contribution in [2.45, 2.75) is 120 Å². The number of aliphatic hydroxyl groups is 3. The Labute approximate surface area is 230 Å². The first kappa shape index (κ1) is 27.8. The van der Waals surface area contributed by atoms with Gasteiger partial charge in [0.25, 0.3) is 0 Å². The number of ether oxygens (including phenoxy) is 4. The third-order valence-electron chi connectivity index (χ3n) is 12.1. The molecule has 6 rings (SSSR count). The van der Waals surface area contributed by atoms with Crippen LogP contribution < -0.4 is 0 Å². The molecule has 218 valence electrons. The van der Waals surface area contributed by atoms with Crippen molar-refractivity contribution in [3.05, 3.63) is 11.6 Å². The van der Waals surface area contributed by atoms with Crippen molar-refractivity contribution < 1.29 is 43.9 Å². The Bertz CT molecular complexity index is 1030. The van der Waals surface area contributed by atoms with E-state index in [1.54, 1.807) is 20.1 Å². The monoisotopic (exact) mass is 548 g/mol. The molecule has 4 aliphatic carbocycles. The van der Waals surface area contributed by atoms with Crippen molar-refractivity contribution in [1.29, 1.82) is 0 Å². The molecule has 0 unspecified atom stereocenters. The summed E-state index contributed by atoms with van der Waals surface area (Å²) >= 11 is 0. The van der Waals surface area contributed by atoms with Gasteiger partial charge in [-0.3, -0.25) is 0 Å². The van der Waals surface area contributed by atoms with Crippen molar-refractivity contribution in [1.82, 2.24) is 0 Å². The topological polar surface area (TPSA) is 132 Å². The first-order valence-corrected chi connectivity index (χ1v) is 14.8. The van der Waals surface area contributed by atoms with Crippen LogP contribution in [0.25, 0.3) is 0 Å². The Balaban J connectivity index is 1.21.